The number of phenols is 1. The predicted octanol–water partition coefficient (Wildman–Crippen LogP) is 1.72. The minimum Gasteiger partial charge on any atom is -0.507 e. The van der Waals surface area contributed by atoms with Crippen molar-refractivity contribution < 1.29 is 13.5 Å². The van der Waals surface area contributed by atoms with Crippen LogP contribution in [0.5, 0.6) is 5.75 Å². The van der Waals surface area contributed by atoms with Gasteiger partial charge in [-0.05, 0) is 18.1 Å². The first-order valence-electron chi connectivity index (χ1n) is 5.25. The Morgan fingerprint density at radius 3 is 2.56 bits per heavy atom. The second-order valence-electron chi connectivity index (χ2n) is 3.83. The van der Waals surface area contributed by atoms with E-state index in [2.05, 4.69) is 4.72 Å². The molecule has 1 aromatic carbocycles. The third kappa shape index (κ3) is 3.21. The molecule has 0 fully saturated rings. The van der Waals surface area contributed by atoms with E-state index < -0.39 is 10.0 Å². The number of aromatic hydroxyl groups is 1. The summed E-state index contributed by atoms with van der Waals surface area (Å²) in [6.45, 7) is 4.35. The van der Waals surface area contributed by atoms with Crippen LogP contribution in [0.3, 0.4) is 0 Å². The molecule has 0 radical (unpaired) electrons. The fraction of sp³-hybridized carbons (Fsp3) is 0.455. The van der Waals surface area contributed by atoms with Crippen LogP contribution in [-0.2, 0) is 10.0 Å². The maximum Gasteiger partial charge on any atom is 0.244 e. The van der Waals surface area contributed by atoms with Crippen molar-refractivity contribution in [1.82, 2.24) is 4.72 Å². The van der Waals surface area contributed by atoms with E-state index in [0.29, 0.717) is 6.54 Å². The van der Waals surface area contributed by atoms with Crippen LogP contribution in [-0.4, -0.2) is 20.1 Å². The molecule has 0 aliphatic rings. The van der Waals surface area contributed by atoms with Crippen molar-refractivity contribution in [2.75, 3.05) is 6.54 Å². The van der Waals surface area contributed by atoms with Crippen LogP contribution < -0.4 is 4.72 Å². The highest BCUT2D eigenvalue weighted by molar-refractivity contribution is 7.89. The summed E-state index contributed by atoms with van der Waals surface area (Å²) in [6, 6.07) is 5.91. The number of hydrogen-bond donors (Lipinski definition) is 2. The molecule has 0 aliphatic heterocycles. The quantitative estimate of drug-likeness (QED) is 0.827. The van der Waals surface area contributed by atoms with Crippen LogP contribution in [0.25, 0.3) is 0 Å². The largest absolute Gasteiger partial charge is 0.507 e. The standard InChI is InChI=1S/C11H17NO3S/c1-3-9(2)8-12-16(14,15)11-7-5-4-6-10(11)13/h4-7,9,12-13H,3,8H2,1-2H3. The third-order valence-electron chi connectivity index (χ3n) is 2.47. The lowest BCUT2D eigenvalue weighted by molar-refractivity contribution is 0.456. The molecule has 90 valence electrons. The number of nitrogens with one attached hydrogen (secondary N) is 1. The summed E-state index contributed by atoms with van der Waals surface area (Å²) in [6.07, 6.45) is 0.906. The van der Waals surface area contributed by atoms with Gasteiger partial charge < -0.3 is 5.11 Å². The Hall–Kier alpha value is -1.07. The van der Waals surface area contributed by atoms with Crippen molar-refractivity contribution in [3.63, 3.8) is 0 Å². The van der Waals surface area contributed by atoms with Gasteiger partial charge in [-0.15, -0.1) is 0 Å². The van der Waals surface area contributed by atoms with Gasteiger partial charge in [0.1, 0.15) is 10.6 Å². The summed E-state index contributed by atoms with van der Waals surface area (Å²) in [4.78, 5) is -0.0710. The van der Waals surface area contributed by atoms with Gasteiger partial charge in [0, 0.05) is 6.54 Å². The van der Waals surface area contributed by atoms with E-state index in [9.17, 15) is 13.5 Å². The molecule has 1 rings (SSSR count). The van der Waals surface area contributed by atoms with Gasteiger partial charge in [-0.25, -0.2) is 13.1 Å². The summed E-state index contributed by atoms with van der Waals surface area (Å²) < 4.78 is 26.1. The highest BCUT2D eigenvalue weighted by Crippen LogP contribution is 2.21. The van der Waals surface area contributed by atoms with E-state index in [1.54, 1.807) is 12.1 Å². The molecule has 0 spiro atoms. The number of phenolic OH excluding ortho intramolecular Hbond substituents is 1. The van der Waals surface area contributed by atoms with E-state index in [4.69, 9.17) is 0 Å². The van der Waals surface area contributed by atoms with Gasteiger partial charge in [-0.2, -0.15) is 0 Å². The van der Waals surface area contributed by atoms with Gasteiger partial charge in [0.2, 0.25) is 10.0 Å². The molecule has 1 aromatic rings. The van der Waals surface area contributed by atoms with Crippen molar-refractivity contribution in [2.45, 2.75) is 25.2 Å². The molecule has 2 N–H and O–H groups in total. The molecule has 0 aromatic heterocycles. The maximum absolute atomic E-state index is 11.8. The molecular formula is C11H17NO3S. The SMILES string of the molecule is CCC(C)CNS(=O)(=O)c1ccccc1O. The Balaban J connectivity index is 2.83. The van der Waals surface area contributed by atoms with Gasteiger partial charge in [-0.1, -0.05) is 32.4 Å². The number of benzene rings is 1. The van der Waals surface area contributed by atoms with E-state index >= 15 is 0 Å². The van der Waals surface area contributed by atoms with Crippen molar-refractivity contribution in [2.24, 2.45) is 5.92 Å². The van der Waals surface area contributed by atoms with Gasteiger partial charge in [0.15, 0.2) is 0 Å². The van der Waals surface area contributed by atoms with Crippen LogP contribution in [0.2, 0.25) is 0 Å². The van der Waals surface area contributed by atoms with Crippen molar-refractivity contribution >= 4 is 10.0 Å². The summed E-state index contributed by atoms with van der Waals surface area (Å²) in [5, 5.41) is 9.45. The van der Waals surface area contributed by atoms with Crippen molar-refractivity contribution in [3.05, 3.63) is 24.3 Å². The first kappa shape index (κ1) is 13.0. The minimum atomic E-state index is -3.60. The number of hydrogen-bond acceptors (Lipinski definition) is 3. The van der Waals surface area contributed by atoms with Crippen LogP contribution >= 0.6 is 0 Å². The summed E-state index contributed by atoms with van der Waals surface area (Å²) in [5.74, 6) is 0.0554. The topological polar surface area (TPSA) is 66.4 Å². The molecule has 0 heterocycles. The lowest BCUT2D eigenvalue weighted by atomic mass is 10.1. The minimum absolute atomic E-state index is 0.0710. The van der Waals surface area contributed by atoms with Crippen LogP contribution in [0, 0.1) is 5.92 Å². The van der Waals surface area contributed by atoms with E-state index in [-0.39, 0.29) is 16.6 Å². The molecule has 4 nitrogen and oxygen atoms in total. The van der Waals surface area contributed by atoms with Crippen LogP contribution in [0.1, 0.15) is 20.3 Å². The fourth-order valence-electron chi connectivity index (χ4n) is 1.16. The highest BCUT2D eigenvalue weighted by Gasteiger charge is 2.17. The number of para-hydroxylation sites is 1. The number of sulfonamides is 1. The highest BCUT2D eigenvalue weighted by atomic mass is 32.2. The van der Waals surface area contributed by atoms with Gasteiger partial charge in [0.05, 0.1) is 0 Å². The fourth-order valence-corrected chi connectivity index (χ4v) is 2.42. The molecule has 16 heavy (non-hydrogen) atoms. The monoisotopic (exact) mass is 243 g/mol. The summed E-state index contributed by atoms with van der Waals surface area (Å²) >= 11 is 0. The van der Waals surface area contributed by atoms with Crippen LogP contribution in [0.4, 0.5) is 0 Å². The predicted molar refractivity (Wildman–Crippen MR) is 62.8 cm³/mol. The number of rotatable bonds is 5. The normalized spacial score (nSPS) is 13.6. The molecule has 0 aliphatic carbocycles. The summed E-state index contributed by atoms with van der Waals surface area (Å²) in [5.41, 5.74) is 0. The van der Waals surface area contributed by atoms with E-state index in [1.807, 2.05) is 13.8 Å². The lowest BCUT2D eigenvalue weighted by Gasteiger charge is -2.11. The second-order valence-corrected chi connectivity index (χ2v) is 5.57. The molecule has 5 heteroatoms. The molecule has 0 saturated heterocycles. The molecular weight excluding hydrogens is 226 g/mol. The summed E-state index contributed by atoms with van der Waals surface area (Å²) in [7, 11) is -3.60. The smallest absolute Gasteiger partial charge is 0.244 e. The first-order chi connectivity index (χ1) is 7.47. The van der Waals surface area contributed by atoms with E-state index in [1.165, 1.54) is 12.1 Å². The van der Waals surface area contributed by atoms with Gasteiger partial charge in [-0.3, -0.25) is 0 Å². The zero-order valence-electron chi connectivity index (χ0n) is 9.47. The van der Waals surface area contributed by atoms with E-state index in [0.717, 1.165) is 6.42 Å². The average Bonchev–Trinajstić information content (AvgIpc) is 2.26. The van der Waals surface area contributed by atoms with Crippen molar-refractivity contribution in [3.8, 4) is 5.75 Å². The molecule has 0 bridgehead atoms. The average molecular weight is 243 g/mol. The Bertz CT molecular complexity index is 442. The zero-order valence-corrected chi connectivity index (χ0v) is 10.3. The van der Waals surface area contributed by atoms with Gasteiger partial charge in [0.25, 0.3) is 0 Å². The first-order valence-corrected chi connectivity index (χ1v) is 6.73. The van der Waals surface area contributed by atoms with Crippen LogP contribution in [0.15, 0.2) is 29.2 Å². The molecule has 0 saturated carbocycles. The van der Waals surface area contributed by atoms with Gasteiger partial charge >= 0.3 is 0 Å². The third-order valence-corrected chi connectivity index (χ3v) is 3.94. The maximum atomic E-state index is 11.8. The molecule has 0 amide bonds. The Labute approximate surface area is 96.4 Å². The molecule has 1 atom stereocenters. The Kier molecular flexibility index (Phi) is 4.32. The zero-order chi connectivity index (χ0) is 12.2. The second kappa shape index (κ2) is 5.32. The Morgan fingerprint density at radius 2 is 2.00 bits per heavy atom. The lowest BCUT2D eigenvalue weighted by Crippen LogP contribution is -2.28. The molecule has 1 unspecified atom stereocenters. The van der Waals surface area contributed by atoms with Crippen molar-refractivity contribution in [1.29, 1.82) is 0 Å². The Morgan fingerprint density at radius 1 is 1.38 bits per heavy atom.